The minimum absolute atomic E-state index is 0.435. The fraction of sp³-hybridized carbons (Fsp3) is 0.833. The lowest BCUT2D eigenvalue weighted by atomic mass is 10.1. The zero-order chi connectivity index (χ0) is 11.5. The lowest BCUT2D eigenvalue weighted by molar-refractivity contribution is 0.463. The molecule has 0 N–H and O–H groups in total. The first kappa shape index (κ1) is 11.9. The minimum Gasteiger partial charge on any atom is -0.299 e. The van der Waals surface area contributed by atoms with Crippen molar-refractivity contribution in [2.45, 2.75) is 64.3 Å². The van der Waals surface area contributed by atoms with E-state index in [0.29, 0.717) is 17.2 Å². The molecule has 1 aliphatic rings. The van der Waals surface area contributed by atoms with E-state index in [4.69, 9.17) is 11.6 Å². The van der Waals surface area contributed by atoms with Gasteiger partial charge < -0.3 is 0 Å². The Kier molecular flexibility index (Phi) is 3.85. The van der Waals surface area contributed by atoms with Crippen molar-refractivity contribution in [2.75, 3.05) is 0 Å². The summed E-state index contributed by atoms with van der Waals surface area (Å²) >= 11 is 6.11. The number of hydrogen-bond donors (Lipinski definition) is 0. The SMILES string of the molecule is CCCCCC(C)n1c(Cl)nnc1C1CC1. The summed E-state index contributed by atoms with van der Waals surface area (Å²) in [6.45, 7) is 4.45. The normalized spacial score (nSPS) is 17.7. The van der Waals surface area contributed by atoms with E-state index < -0.39 is 0 Å². The van der Waals surface area contributed by atoms with Crippen molar-refractivity contribution in [1.29, 1.82) is 0 Å². The minimum atomic E-state index is 0.435. The van der Waals surface area contributed by atoms with Gasteiger partial charge in [0, 0.05) is 12.0 Å². The van der Waals surface area contributed by atoms with Gasteiger partial charge in [0.25, 0.3) is 0 Å². The fourth-order valence-corrected chi connectivity index (χ4v) is 2.42. The van der Waals surface area contributed by atoms with E-state index in [1.165, 1.54) is 38.5 Å². The van der Waals surface area contributed by atoms with Crippen LogP contribution in [0.5, 0.6) is 0 Å². The van der Waals surface area contributed by atoms with Gasteiger partial charge in [0.2, 0.25) is 5.28 Å². The molecule has 1 heterocycles. The Morgan fingerprint density at radius 3 is 2.75 bits per heavy atom. The number of rotatable bonds is 6. The molecule has 3 nitrogen and oxygen atoms in total. The van der Waals surface area contributed by atoms with Crippen LogP contribution >= 0.6 is 11.6 Å². The second-order valence-electron chi connectivity index (χ2n) is 4.82. The standard InChI is InChI=1S/C12H20ClN3/c1-3-4-5-6-9(2)16-11(10-7-8-10)14-15-12(16)13/h9-10H,3-8H2,1-2H3. The smallest absolute Gasteiger partial charge is 0.225 e. The largest absolute Gasteiger partial charge is 0.299 e. The van der Waals surface area contributed by atoms with Crippen molar-refractivity contribution in [3.05, 3.63) is 11.1 Å². The summed E-state index contributed by atoms with van der Waals surface area (Å²) in [6.07, 6.45) is 7.48. The number of unbranched alkanes of at least 4 members (excludes halogenated alkanes) is 2. The molecule has 90 valence electrons. The number of aromatic nitrogens is 3. The van der Waals surface area contributed by atoms with Crippen LogP contribution in [0.3, 0.4) is 0 Å². The molecule has 1 saturated carbocycles. The van der Waals surface area contributed by atoms with Crippen LogP contribution in [0, 0.1) is 0 Å². The van der Waals surface area contributed by atoms with Gasteiger partial charge in [-0.1, -0.05) is 26.2 Å². The maximum Gasteiger partial charge on any atom is 0.225 e. The van der Waals surface area contributed by atoms with Gasteiger partial charge in [-0.3, -0.25) is 4.57 Å². The van der Waals surface area contributed by atoms with Crippen LogP contribution in [-0.4, -0.2) is 14.8 Å². The van der Waals surface area contributed by atoms with Crippen molar-refractivity contribution in [3.63, 3.8) is 0 Å². The highest BCUT2D eigenvalue weighted by atomic mass is 35.5. The van der Waals surface area contributed by atoms with Gasteiger partial charge in [-0.25, -0.2) is 0 Å². The molecule has 0 aromatic carbocycles. The molecule has 1 aromatic rings. The predicted molar refractivity (Wildman–Crippen MR) is 65.9 cm³/mol. The quantitative estimate of drug-likeness (QED) is 0.706. The summed E-state index contributed by atoms with van der Waals surface area (Å²) in [5, 5.41) is 8.77. The van der Waals surface area contributed by atoms with E-state index in [0.717, 1.165) is 5.82 Å². The maximum atomic E-state index is 6.11. The Labute approximate surface area is 102 Å². The fourth-order valence-electron chi connectivity index (χ4n) is 2.13. The summed E-state index contributed by atoms with van der Waals surface area (Å²) in [7, 11) is 0. The van der Waals surface area contributed by atoms with Crippen molar-refractivity contribution in [3.8, 4) is 0 Å². The van der Waals surface area contributed by atoms with Gasteiger partial charge in [-0.2, -0.15) is 0 Å². The molecule has 1 atom stereocenters. The van der Waals surface area contributed by atoms with Crippen LogP contribution in [-0.2, 0) is 0 Å². The Bertz CT molecular complexity index is 344. The third kappa shape index (κ3) is 2.57. The molecular formula is C12H20ClN3. The van der Waals surface area contributed by atoms with Crippen LogP contribution in [0.2, 0.25) is 5.28 Å². The topological polar surface area (TPSA) is 30.7 Å². The van der Waals surface area contributed by atoms with Crippen LogP contribution < -0.4 is 0 Å². The maximum absolute atomic E-state index is 6.11. The molecule has 0 saturated heterocycles. The first-order valence-corrected chi connectivity index (χ1v) is 6.72. The Hall–Kier alpha value is -0.570. The Balaban J connectivity index is 2.02. The molecule has 0 aliphatic heterocycles. The molecule has 1 aromatic heterocycles. The molecule has 0 spiro atoms. The Morgan fingerprint density at radius 2 is 2.12 bits per heavy atom. The summed E-state index contributed by atoms with van der Waals surface area (Å²) in [4.78, 5) is 0. The third-order valence-electron chi connectivity index (χ3n) is 3.29. The van der Waals surface area contributed by atoms with Crippen LogP contribution in [0.4, 0.5) is 0 Å². The van der Waals surface area contributed by atoms with E-state index in [1.54, 1.807) is 0 Å². The first-order chi connectivity index (χ1) is 7.74. The van der Waals surface area contributed by atoms with Gasteiger partial charge in [0.15, 0.2) is 0 Å². The van der Waals surface area contributed by atoms with Crippen molar-refractivity contribution in [2.24, 2.45) is 0 Å². The van der Waals surface area contributed by atoms with Crippen LogP contribution in [0.15, 0.2) is 0 Å². The molecule has 0 bridgehead atoms. The highest BCUT2D eigenvalue weighted by Crippen LogP contribution is 2.41. The monoisotopic (exact) mass is 241 g/mol. The van der Waals surface area contributed by atoms with Gasteiger partial charge >= 0.3 is 0 Å². The molecule has 2 rings (SSSR count). The summed E-state index contributed by atoms with van der Waals surface area (Å²) in [5.74, 6) is 1.72. The molecule has 1 fully saturated rings. The van der Waals surface area contributed by atoms with E-state index in [2.05, 4.69) is 28.6 Å². The highest BCUT2D eigenvalue weighted by Gasteiger charge is 2.31. The zero-order valence-corrected chi connectivity index (χ0v) is 10.9. The molecular weight excluding hydrogens is 222 g/mol. The molecule has 16 heavy (non-hydrogen) atoms. The second-order valence-corrected chi connectivity index (χ2v) is 5.15. The third-order valence-corrected chi connectivity index (χ3v) is 3.55. The molecule has 4 heteroatoms. The lowest BCUT2D eigenvalue weighted by Crippen LogP contribution is -2.09. The average molecular weight is 242 g/mol. The van der Waals surface area contributed by atoms with Crippen LogP contribution in [0.1, 0.15) is 70.2 Å². The number of nitrogens with zero attached hydrogens (tertiary/aromatic N) is 3. The predicted octanol–water partition coefficient (Wildman–Crippen LogP) is 3.95. The van der Waals surface area contributed by atoms with E-state index in [-0.39, 0.29) is 0 Å². The molecule has 0 radical (unpaired) electrons. The average Bonchev–Trinajstić information content (AvgIpc) is 3.02. The van der Waals surface area contributed by atoms with Crippen molar-refractivity contribution < 1.29 is 0 Å². The zero-order valence-electron chi connectivity index (χ0n) is 10.1. The van der Waals surface area contributed by atoms with Crippen molar-refractivity contribution in [1.82, 2.24) is 14.8 Å². The van der Waals surface area contributed by atoms with Crippen LogP contribution in [0.25, 0.3) is 0 Å². The lowest BCUT2D eigenvalue weighted by Gasteiger charge is -2.16. The number of hydrogen-bond acceptors (Lipinski definition) is 2. The molecule has 1 aliphatic carbocycles. The first-order valence-electron chi connectivity index (χ1n) is 6.34. The summed E-state index contributed by atoms with van der Waals surface area (Å²) in [6, 6.07) is 0.435. The van der Waals surface area contributed by atoms with E-state index >= 15 is 0 Å². The highest BCUT2D eigenvalue weighted by molar-refractivity contribution is 6.28. The van der Waals surface area contributed by atoms with Gasteiger partial charge in [-0.15, -0.1) is 10.2 Å². The second kappa shape index (κ2) is 5.17. The molecule has 0 amide bonds. The van der Waals surface area contributed by atoms with E-state index in [9.17, 15) is 0 Å². The number of halogens is 1. The van der Waals surface area contributed by atoms with Gasteiger partial charge in [0.1, 0.15) is 5.82 Å². The molecule has 1 unspecified atom stereocenters. The summed E-state index contributed by atoms with van der Waals surface area (Å²) in [5.41, 5.74) is 0. The Morgan fingerprint density at radius 1 is 1.38 bits per heavy atom. The van der Waals surface area contributed by atoms with E-state index in [1.807, 2.05) is 0 Å². The summed E-state index contributed by atoms with van der Waals surface area (Å²) < 4.78 is 2.13. The van der Waals surface area contributed by atoms with Crippen molar-refractivity contribution >= 4 is 11.6 Å². The van der Waals surface area contributed by atoms with Gasteiger partial charge in [-0.05, 0) is 37.8 Å². The van der Waals surface area contributed by atoms with Gasteiger partial charge in [0.05, 0.1) is 0 Å².